The number of para-hydroxylation sites is 1. The molecule has 5 nitrogen and oxygen atoms in total. The fourth-order valence-electron chi connectivity index (χ4n) is 3.36. The van der Waals surface area contributed by atoms with E-state index in [1.807, 2.05) is 56.4 Å². The Kier molecular flexibility index (Phi) is 5.16. The molecule has 26 heavy (non-hydrogen) atoms. The monoisotopic (exact) mass is 347 g/mol. The van der Waals surface area contributed by atoms with E-state index in [0.717, 1.165) is 36.2 Å². The van der Waals surface area contributed by atoms with Crippen LogP contribution in [0.2, 0.25) is 0 Å². The van der Waals surface area contributed by atoms with Crippen LogP contribution in [-0.4, -0.2) is 21.8 Å². The van der Waals surface area contributed by atoms with Crippen molar-refractivity contribution in [1.29, 1.82) is 5.41 Å². The van der Waals surface area contributed by atoms with Gasteiger partial charge in [-0.05, 0) is 38.8 Å². The van der Waals surface area contributed by atoms with Crippen molar-refractivity contribution < 1.29 is 0 Å². The highest BCUT2D eigenvalue weighted by Crippen LogP contribution is 2.49. The molecule has 5 heteroatoms. The van der Waals surface area contributed by atoms with Gasteiger partial charge in [-0.15, -0.1) is 0 Å². The van der Waals surface area contributed by atoms with Gasteiger partial charge in [0.2, 0.25) is 0 Å². The number of amidine groups is 1. The smallest absolute Gasteiger partial charge is 0.153 e. The normalized spacial score (nSPS) is 15.3. The molecule has 0 amide bonds. The molecule has 1 aromatic heterocycles. The zero-order valence-electron chi connectivity index (χ0n) is 15.4. The largest absolute Gasteiger partial charge is 0.327 e. The molecular formula is C21H25N5. The lowest BCUT2D eigenvalue weighted by molar-refractivity contribution is 0.279. The van der Waals surface area contributed by atoms with E-state index in [2.05, 4.69) is 22.0 Å². The summed E-state index contributed by atoms with van der Waals surface area (Å²) in [4.78, 5) is 4.58. The van der Waals surface area contributed by atoms with E-state index < -0.39 is 0 Å². The average molecular weight is 347 g/mol. The molecular weight excluding hydrogens is 322 g/mol. The van der Waals surface area contributed by atoms with Gasteiger partial charge in [-0.25, -0.2) is 4.68 Å². The summed E-state index contributed by atoms with van der Waals surface area (Å²) in [5.74, 6) is 1.13. The Balaban J connectivity index is 1.82. The van der Waals surface area contributed by atoms with Crippen molar-refractivity contribution in [3.63, 3.8) is 0 Å². The fourth-order valence-corrected chi connectivity index (χ4v) is 3.36. The predicted octanol–water partition coefficient (Wildman–Crippen LogP) is 4.98. The first kappa shape index (κ1) is 17.9. The van der Waals surface area contributed by atoms with E-state index in [-0.39, 0.29) is 5.41 Å². The summed E-state index contributed by atoms with van der Waals surface area (Å²) in [6.07, 6.45) is 8.23. The lowest BCUT2D eigenvalue weighted by Crippen LogP contribution is -2.43. The van der Waals surface area contributed by atoms with Gasteiger partial charge in [0.05, 0.1) is 16.8 Å². The number of aliphatic imine (C=N–C) groups is 1. The lowest BCUT2D eigenvalue weighted by Gasteiger charge is -2.43. The van der Waals surface area contributed by atoms with Crippen LogP contribution in [0.15, 0.2) is 71.5 Å². The molecule has 0 atom stereocenters. The molecule has 1 aliphatic rings. The third-order valence-corrected chi connectivity index (χ3v) is 4.78. The van der Waals surface area contributed by atoms with Crippen LogP contribution in [0, 0.1) is 10.8 Å². The van der Waals surface area contributed by atoms with E-state index in [1.165, 1.54) is 0 Å². The van der Waals surface area contributed by atoms with E-state index in [1.54, 1.807) is 17.0 Å². The van der Waals surface area contributed by atoms with Gasteiger partial charge in [0.25, 0.3) is 0 Å². The van der Waals surface area contributed by atoms with Crippen LogP contribution >= 0.6 is 0 Å². The Morgan fingerprint density at radius 3 is 2.58 bits per heavy atom. The van der Waals surface area contributed by atoms with Crippen LogP contribution in [0.25, 0.3) is 5.69 Å². The fraction of sp³-hybridized carbons (Fsp3) is 0.286. The molecule has 0 radical (unpaired) electrons. The molecule has 1 aromatic carbocycles. The molecule has 0 spiro atoms. The minimum atomic E-state index is -0.352. The minimum Gasteiger partial charge on any atom is -0.327 e. The van der Waals surface area contributed by atoms with Gasteiger partial charge in [0, 0.05) is 18.5 Å². The summed E-state index contributed by atoms with van der Waals surface area (Å²) < 4.78 is 1.81. The summed E-state index contributed by atoms with van der Waals surface area (Å²) in [5.41, 5.74) is 2.73. The third kappa shape index (κ3) is 3.38. The number of nitrogens with zero attached hydrogens (tertiary/aromatic N) is 3. The Labute approximate surface area is 154 Å². The summed E-state index contributed by atoms with van der Waals surface area (Å²) in [7, 11) is 0. The van der Waals surface area contributed by atoms with Gasteiger partial charge >= 0.3 is 0 Å². The van der Waals surface area contributed by atoms with Crippen molar-refractivity contribution in [2.45, 2.75) is 33.1 Å². The highest BCUT2D eigenvalue weighted by Gasteiger charge is 2.45. The SMILES string of the molecule is C=C/C=N\C(=C(C)C)C1(C(=N)Nc2ccn(-c3ccccc3)n2)CCC1. The highest BCUT2D eigenvalue weighted by atomic mass is 15.3. The van der Waals surface area contributed by atoms with Crippen LogP contribution in [0.1, 0.15) is 33.1 Å². The van der Waals surface area contributed by atoms with Crippen LogP contribution in [-0.2, 0) is 0 Å². The first-order valence-electron chi connectivity index (χ1n) is 8.87. The van der Waals surface area contributed by atoms with Crippen molar-refractivity contribution in [2.24, 2.45) is 10.4 Å². The molecule has 0 unspecified atom stereocenters. The molecule has 2 aromatic rings. The summed E-state index contributed by atoms with van der Waals surface area (Å²) in [6.45, 7) is 7.81. The predicted molar refractivity (Wildman–Crippen MR) is 108 cm³/mol. The van der Waals surface area contributed by atoms with Crippen molar-refractivity contribution in [2.75, 3.05) is 5.32 Å². The Hall–Kier alpha value is -2.95. The van der Waals surface area contributed by atoms with Crippen molar-refractivity contribution in [3.8, 4) is 5.69 Å². The second-order valence-electron chi connectivity index (χ2n) is 6.78. The van der Waals surface area contributed by atoms with Crippen molar-refractivity contribution >= 4 is 17.9 Å². The van der Waals surface area contributed by atoms with Gasteiger partial charge in [-0.3, -0.25) is 10.4 Å². The quantitative estimate of drug-likeness (QED) is 0.571. The van der Waals surface area contributed by atoms with Crippen LogP contribution in [0.3, 0.4) is 0 Å². The molecule has 134 valence electrons. The number of nitrogens with one attached hydrogen (secondary N) is 2. The van der Waals surface area contributed by atoms with Crippen molar-refractivity contribution in [3.05, 3.63) is 66.5 Å². The average Bonchev–Trinajstić information content (AvgIpc) is 3.05. The third-order valence-electron chi connectivity index (χ3n) is 4.78. The van der Waals surface area contributed by atoms with Crippen LogP contribution in [0.5, 0.6) is 0 Å². The van der Waals surface area contributed by atoms with E-state index >= 15 is 0 Å². The number of hydrogen-bond donors (Lipinski definition) is 2. The Morgan fingerprint density at radius 1 is 1.27 bits per heavy atom. The second kappa shape index (κ2) is 7.52. The van der Waals surface area contributed by atoms with Crippen LogP contribution < -0.4 is 5.32 Å². The van der Waals surface area contributed by atoms with E-state index in [0.29, 0.717) is 11.7 Å². The maximum atomic E-state index is 8.71. The zero-order valence-corrected chi connectivity index (χ0v) is 15.4. The first-order chi connectivity index (χ1) is 12.6. The highest BCUT2D eigenvalue weighted by molar-refractivity contribution is 6.00. The number of allylic oxidation sites excluding steroid dienone is 2. The standard InChI is InChI=1S/C21H25N5/c1-4-14-23-19(16(2)3)21(12-8-13-21)20(22)24-18-11-15-26(25-18)17-9-6-5-7-10-17/h4-7,9-11,14-15H,1,8,12-13H2,2-3H3,(H2,22,24,25)/b23-14-. The minimum absolute atomic E-state index is 0.352. The summed E-state index contributed by atoms with van der Waals surface area (Å²) in [6, 6.07) is 11.8. The van der Waals surface area contributed by atoms with Gasteiger partial charge in [-0.2, -0.15) is 5.10 Å². The molecule has 1 heterocycles. The number of aromatic nitrogens is 2. The topological polar surface area (TPSA) is 66.1 Å². The van der Waals surface area contributed by atoms with Crippen molar-refractivity contribution in [1.82, 2.24) is 9.78 Å². The molecule has 1 fully saturated rings. The molecule has 2 N–H and O–H groups in total. The number of anilines is 1. The maximum absolute atomic E-state index is 8.71. The van der Waals surface area contributed by atoms with Gasteiger partial charge < -0.3 is 5.32 Å². The Bertz CT molecular complexity index is 850. The van der Waals surface area contributed by atoms with Gasteiger partial charge in [0.1, 0.15) is 5.84 Å². The number of rotatable bonds is 6. The number of hydrogen-bond acceptors (Lipinski definition) is 3. The molecule has 0 aliphatic heterocycles. The first-order valence-corrected chi connectivity index (χ1v) is 8.87. The molecule has 3 rings (SSSR count). The molecule has 0 bridgehead atoms. The van der Waals surface area contributed by atoms with Gasteiger partial charge in [0.15, 0.2) is 5.82 Å². The molecule has 1 aliphatic carbocycles. The zero-order chi connectivity index (χ0) is 18.6. The van der Waals surface area contributed by atoms with Crippen LogP contribution in [0.4, 0.5) is 5.82 Å². The maximum Gasteiger partial charge on any atom is 0.153 e. The summed E-state index contributed by atoms with van der Waals surface area (Å²) >= 11 is 0. The summed E-state index contributed by atoms with van der Waals surface area (Å²) in [5, 5.41) is 16.5. The molecule has 1 saturated carbocycles. The lowest BCUT2D eigenvalue weighted by atomic mass is 9.64. The Morgan fingerprint density at radius 2 is 2.00 bits per heavy atom. The molecule has 0 saturated heterocycles. The van der Waals surface area contributed by atoms with E-state index in [9.17, 15) is 0 Å². The number of benzene rings is 1. The second-order valence-corrected chi connectivity index (χ2v) is 6.78. The van der Waals surface area contributed by atoms with Gasteiger partial charge in [-0.1, -0.05) is 42.8 Å². The van der Waals surface area contributed by atoms with E-state index in [4.69, 9.17) is 5.41 Å².